The first-order valence-electron chi connectivity index (χ1n) is 4.76. The van der Waals surface area contributed by atoms with Gasteiger partial charge in [-0.25, -0.2) is 0 Å². The zero-order valence-corrected chi connectivity index (χ0v) is 9.37. The summed E-state index contributed by atoms with van der Waals surface area (Å²) in [6.45, 7) is 7.82. The molecule has 0 rings (SSSR count). The van der Waals surface area contributed by atoms with E-state index in [0.717, 1.165) is 11.1 Å². The number of hydrogen-bond acceptors (Lipinski definition) is 1. The number of hydrogen-bond donors (Lipinski definition) is 0. The van der Waals surface area contributed by atoms with Crippen molar-refractivity contribution in [1.29, 1.82) is 0 Å². The number of allylic oxidation sites excluding steroid dienone is 8. The Balaban J connectivity index is 4.25. The minimum Gasteiger partial charge on any atom is -0.290 e. The van der Waals surface area contributed by atoms with Gasteiger partial charge in [0.1, 0.15) is 0 Å². The summed E-state index contributed by atoms with van der Waals surface area (Å²) in [6.07, 6.45) is 10.7. The highest BCUT2D eigenvalue weighted by molar-refractivity contribution is 5.99. The SMILES string of the molecule is CC=C(C)C=CC(=O)C=CC(C)=CC. The zero-order chi connectivity index (χ0) is 11.0. The van der Waals surface area contributed by atoms with E-state index in [2.05, 4.69) is 0 Å². The van der Waals surface area contributed by atoms with Gasteiger partial charge in [0.15, 0.2) is 5.78 Å². The summed E-state index contributed by atoms with van der Waals surface area (Å²) >= 11 is 0. The molecule has 0 heterocycles. The molecule has 0 aromatic rings. The van der Waals surface area contributed by atoms with Crippen molar-refractivity contribution in [2.24, 2.45) is 0 Å². The van der Waals surface area contributed by atoms with E-state index < -0.39 is 0 Å². The maximum atomic E-state index is 11.3. The van der Waals surface area contributed by atoms with Gasteiger partial charge in [-0.2, -0.15) is 0 Å². The molecule has 0 aliphatic heterocycles. The molecule has 0 N–H and O–H groups in total. The first-order valence-corrected chi connectivity index (χ1v) is 4.76. The van der Waals surface area contributed by atoms with Gasteiger partial charge in [-0.05, 0) is 39.8 Å². The van der Waals surface area contributed by atoms with Crippen LogP contribution in [0.25, 0.3) is 0 Å². The number of carbonyl (C=O) groups is 1. The summed E-state index contributed by atoms with van der Waals surface area (Å²) < 4.78 is 0. The highest BCUT2D eigenvalue weighted by Crippen LogP contribution is 1.97. The fraction of sp³-hybridized carbons (Fsp3) is 0.308. The van der Waals surface area contributed by atoms with Crippen LogP contribution in [0.2, 0.25) is 0 Å². The van der Waals surface area contributed by atoms with Crippen LogP contribution in [0.1, 0.15) is 27.7 Å². The fourth-order valence-corrected chi connectivity index (χ4v) is 0.675. The molecule has 0 spiro atoms. The predicted molar refractivity (Wildman–Crippen MR) is 62.1 cm³/mol. The van der Waals surface area contributed by atoms with Crippen LogP contribution >= 0.6 is 0 Å². The van der Waals surface area contributed by atoms with E-state index >= 15 is 0 Å². The van der Waals surface area contributed by atoms with Crippen LogP contribution in [0.4, 0.5) is 0 Å². The van der Waals surface area contributed by atoms with E-state index in [9.17, 15) is 4.79 Å². The van der Waals surface area contributed by atoms with Gasteiger partial charge in [0.05, 0.1) is 0 Å². The quantitative estimate of drug-likeness (QED) is 0.489. The van der Waals surface area contributed by atoms with Crippen LogP contribution in [0.5, 0.6) is 0 Å². The smallest absolute Gasteiger partial charge is 0.178 e. The molecule has 0 aromatic heterocycles. The van der Waals surface area contributed by atoms with Crippen molar-refractivity contribution < 1.29 is 4.79 Å². The van der Waals surface area contributed by atoms with E-state index in [4.69, 9.17) is 0 Å². The molecule has 1 nitrogen and oxygen atoms in total. The molecule has 0 bridgehead atoms. The van der Waals surface area contributed by atoms with Gasteiger partial charge < -0.3 is 0 Å². The van der Waals surface area contributed by atoms with Crippen molar-refractivity contribution in [1.82, 2.24) is 0 Å². The Labute approximate surface area is 86.5 Å². The largest absolute Gasteiger partial charge is 0.290 e. The molecule has 0 aliphatic rings. The third-order valence-corrected chi connectivity index (χ3v) is 1.93. The van der Waals surface area contributed by atoms with E-state index in [1.807, 2.05) is 52.0 Å². The van der Waals surface area contributed by atoms with E-state index in [-0.39, 0.29) is 5.78 Å². The van der Waals surface area contributed by atoms with Gasteiger partial charge in [0.2, 0.25) is 0 Å². The average Bonchev–Trinajstić information content (AvgIpc) is 2.22. The number of rotatable bonds is 4. The van der Waals surface area contributed by atoms with Crippen molar-refractivity contribution in [3.8, 4) is 0 Å². The van der Waals surface area contributed by atoms with Crippen LogP contribution in [-0.4, -0.2) is 5.78 Å². The molecule has 76 valence electrons. The Kier molecular flexibility index (Phi) is 6.38. The normalized spacial score (nSPS) is 14.3. The summed E-state index contributed by atoms with van der Waals surface area (Å²) in [5.41, 5.74) is 2.18. The van der Waals surface area contributed by atoms with E-state index in [1.165, 1.54) is 0 Å². The van der Waals surface area contributed by atoms with Crippen LogP contribution in [0, 0.1) is 0 Å². The highest BCUT2D eigenvalue weighted by atomic mass is 16.1. The lowest BCUT2D eigenvalue weighted by Gasteiger charge is -1.88. The minimum absolute atomic E-state index is 0.0207. The third kappa shape index (κ3) is 6.18. The lowest BCUT2D eigenvalue weighted by molar-refractivity contribution is -0.110. The molecule has 0 saturated heterocycles. The van der Waals surface area contributed by atoms with Gasteiger partial charge in [0, 0.05) is 0 Å². The van der Waals surface area contributed by atoms with Crippen molar-refractivity contribution in [2.75, 3.05) is 0 Å². The predicted octanol–water partition coefficient (Wildman–Crippen LogP) is 3.60. The van der Waals surface area contributed by atoms with Crippen LogP contribution in [-0.2, 0) is 4.79 Å². The standard InChI is InChI=1S/C13H18O/c1-5-11(3)7-9-13(14)10-8-12(4)6-2/h5-10H,1-4H3. The Hall–Kier alpha value is -1.37. The van der Waals surface area contributed by atoms with E-state index in [0.29, 0.717) is 0 Å². The molecule has 0 aliphatic carbocycles. The molecular formula is C13H18O. The summed E-state index contributed by atoms with van der Waals surface area (Å²) in [5, 5.41) is 0. The first kappa shape index (κ1) is 12.6. The van der Waals surface area contributed by atoms with Crippen molar-refractivity contribution in [2.45, 2.75) is 27.7 Å². The highest BCUT2D eigenvalue weighted by Gasteiger charge is 1.88. The lowest BCUT2D eigenvalue weighted by Crippen LogP contribution is -1.85. The zero-order valence-electron chi connectivity index (χ0n) is 9.37. The monoisotopic (exact) mass is 190 g/mol. The summed E-state index contributed by atoms with van der Waals surface area (Å²) in [6, 6.07) is 0. The average molecular weight is 190 g/mol. The Morgan fingerprint density at radius 3 is 1.43 bits per heavy atom. The van der Waals surface area contributed by atoms with Crippen LogP contribution in [0.3, 0.4) is 0 Å². The summed E-state index contributed by atoms with van der Waals surface area (Å²) in [4.78, 5) is 11.3. The summed E-state index contributed by atoms with van der Waals surface area (Å²) in [5.74, 6) is 0.0207. The van der Waals surface area contributed by atoms with Crippen molar-refractivity contribution >= 4 is 5.78 Å². The maximum Gasteiger partial charge on any atom is 0.178 e. The number of ketones is 1. The summed E-state index contributed by atoms with van der Waals surface area (Å²) in [7, 11) is 0. The van der Waals surface area contributed by atoms with Crippen molar-refractivity contribution in [3.05, 3.63) is 47.6 Å². The molecule has 0 saturated carbocycles. The second kappa shape index (κ2) is 7.07. The Morgan fingerprint density at radius 1 is 0.786 bits per heavy atom. The second-order valence-electron chi connectivity index (χ2n) is 3.13. The fourth-order valence-electron chi connectivity index (χ4n) is 0.675. The van der Waals surface area contributed by atoms with Gasteiger partial charge in [0.25, 0.3) is 0 Å². The molecule has 0 radical (unpaired) electrons. The second-order valence-corrected chi connectivity index (χ2v) is 3.13. The molecular weight excluding hydrogens is 172 g/mol. The van der Waals surface area contributed by atoms with Crippen LogP contribution in [0.15, 0.2) is 47.6 Å². The lowest BCUT2D eigenvalue weighted by atomic mass is 10.2. The molecule has 0 fully saturated rings. The number of carbonyl (C=O) groups excluding carboxylic acids is 1. The Bertz CT molecular complexity index is 271. The molecule has 0 aromatic carbocycles. The van der Waals surface area contributed by atoms with E-state index in [1.54, 1.807) is 12.2 Å². The third-order valence-electron chi connectivity index (χ3n) is 1.93. The van der Waals surface area contributed by atoms with Gasteiger partial charge in [-0.15, -0.1) is 0 Å². The molecule has 1 heteroatoms. The minimum atomic E-state index is 0.0207. The first-order chi connectivity index (χ1) is 6.60. The van der Waals surface area contributed by atoms with Gasteiger partial charge in [-0.3, -0.25) is 4.79 Å². The van der Waals surface area contributed by atoms with Gasteiger partial charge >= 0.3 is 0 Å². The molecule has 0 amide bonds. The molecule has 14 heavy (non-hydrogen) atoms. The topological polar surface area (TPSA) is 17.1 Å². The van der Waals surface area contributed by atoms with Crippen molar-refractivity contribution in [3.63, 3.8) is 0 Å². The van der Waals surface area contributed by atoms with Crippen LogP contribution < -0.4 is 0 Å². The Morgan fingerprint density at radius 2 is 1.14 bits per heavy atom. The molecule has 0 unspecified atom stereocenters. The van der Waals surface area contributed by atoms with Gasteiger partial charge in [-0.1, -0.05) is 35.5 Å². The molecule has 0 atom stereocenters. The maximum absolute atomic E-state index is 11.3.